The molecule has 2 aliphatic carbocycles. The van der Waals surface area contributed by atoms with E-state index in [0.717, 1.165) is 17.0 Å². The van der Waals surface area contributed by atoms with Gasteiger partial charge in [-0.1, -0.05) is 169 Å². The van der Waals surface area contributed by atoms with Crippen molar-refractivity contribution in [2.45, 2.75) is 38.5 Å². The molecule has 1 atom stereocenters. The first kappa shape index (κ1) is 50.9. The molecule has 0 bridgehead atoms. The Bertz CT molecular complexity index is 2550. The maximum Gasteiger partial charge on any atom is 1.00 e. The molecule has 63 heavy (non-hydrogen) atoms. The molecule has 0 radical (unpaired) electrons. The van der Waals surface area contributed by atoms with E-state index in [-0.39, 0.29) is 55.6 Å². The van der Waals surface area contributed by atoms with Crippen molar-refractivity contribution in [1.82, 2.24) is 0 Å². The second-order valence-electron chi connectivity index (χ2n) is 16.1. The van der Waals surface area contributed by atoms with Gasteiger partial charge < -0.3 is 12.8 Å². The summed E-state index contributed by atoms with van der Waals surface area (Å²) >= 11 is 0. The summed E-state index contributed by atoms with van der Waals surface area (Å²) in [5, 5.41) is 4.20. The molecule has 0 aromatic heterocycles. The molecular weight excluding hydrogens is 1160 g/mol. The number of fused-ring (bicyclic) bond motifs is 6. The fourth-order valence-corrected chi connectivity index (χ4v) is 15.5. The Labute approximate surface area is 411 Å². The first-order chi connectivity index (χ1) is 29.6. The Morgan fingerprint density at radius 1 is 0.524 bits per heavy atom. The van der Waals surface area contributed by atoms with E-state index in [9.17, 15) is 0 Å². The average Bonchev–Trinajstić information content (AvgIpc) is 3.67. The predicted molar refractivity (Wildman–Crippen MR) is 271 cm³/mol. The summed E-state index contributed by atoms with van der Waals surface area (Å²) in [6.45, 7) is 20.7. The van der Waals surface area contributed by atoms with Crippen molar-refractivity contribution < 1.29 is 44.8 Å². The predicted octanol–water partition coefficient (Wildman–Crippen LogP) is 14.4. The number of benzene rings is 6. The van der Waals surface area contributed by atoms with Crippen LogP contribution in [0.3, 0.4) is 0 Å². The molecule has 0 aliphatic heterocycles. The van der Waals surface area contributed by atoms with Crippen LogP contribution in [0.5, 0.6) is 0 Å². The molecule has 6 aromatic rings. The third-order valence-electron chi connectivity index (χ3n) is 11.6. The van der Waals surface area contributed by atoms with Crippen LogP contribution in [0.4, 0.5) is 0 Å². The molecule has 1 unspecified atom stereocenters. The summed E-state index contributed by atoms with van der Waals surface area (Å²) in [6, 6.07) is 51.2. The molecule has 2 aliphatic rings. The Hall–Kier alpha value is -4.78. The van der Waals surface area contributed by atoms with E-state index in [2.05, 4.69) is 211 Å². The molecule has 0 heterocycles. The second kappa shape index (κ2) is 23.8. The van der Waals surface area contributed by atoms with Gasteiger partial charge in [0, 0.05) is 10.8 Å². The van der Waals surface area contributed by atoms with E-state index in [1.165, 1.54) is 60.4 Å². The number of hydrogen-bond acceptors (Lipinski definition) is 0. The molecule has 8 rings (SSSR count). The molecule has 0 N–H and O–H groups in total. The summed E-state index contributed by atoms with van der Waals surface area (Å²) in [7, 11) is -1.80. The van der Waals surface area contributed by atoms with Crippen molar-refractivity contribution in [3.63, 3.8) is 0 Å². The van der Waals surface area contributed by atoms with Crippen LogP contribution < -0.4 is 10.6 Å². The summed E-state index contributed by atoms with van der Waals surface area (Å²) in [5.74, 6) is 8.45. The van der Waals surface area contributed by atoms with Crippen LogP contribution >= 0.6 is 15.8 Å². The summed E-state index contributed by atoms with van der Waals surface area (Å²) < 4.78 is 0. The van der Waals surface area contributed by atoms with E-state index in [4.69, 9.17) is 12.8 Å². The van der Waals surface area contributed by atoms with Gasteiger partial charge in [0.1, 0.15) is 18.5 Å². The van der Waals surface area contributed by atoms with Gasteiger partial charge in [-0.2, -0.15) is 0 Å². The minimum Gasteiger partial charge on any atom is -0.366 e. The van der Waals surface area contributed by atoms with Crippen molar-refractivity contribution >= 4 is 26.5 Å². The SMILES string of the molecule is C=C/C=C\C=C\[PH+](C[PH+](c1ccccc1)c1ccccc1)/C(C=C)=C/C=C.[Au+].[Au+].[C-]#Cc1ccc2c(c1)-c1ccccc1C2(C)C.[C-]#Cc1ccc2c(c1)-c1ccccc1C2(C)C. The van der Waals surface area contributed by atoms with E-state index < -0.39 is 15.8 Å². The van der Waals surface area contributed by atoms with Crippen molar-refractivity contribution in [2.75, 3.05) is 5.90 Å². The van der Waals surface area contributed by atoms with Crippen molar-refractivity contribution in [3.8, 4) is 34.1 Å². The quantitative estimate of drug-likeness (QED) is 0.0422. The molecule has 0 saturated carbocycles. The standard InChI is InChI=1S/C25H26P2.2C17H13.2Au/c1-4-7-8-15-21-26(23(6-3)16-5-2)22-27(24-17-11-9-12-18-24)25-19-13-10-14-20-25;2*1-4-12-9-10-16-14(11-12)13-7-5-6-8-15(13)17(16,2)3;;/h4-21H,1-3,22H2;2*5-11H,2-3H3;;/q;2*-1;2*+1/p+2/b8-7-,21-15+,23-16+;;;;. The Morgan fingerprint density at radius 3 is 1.37 bits per heavy atom. The fourth-order valence-electron chi connectivity index (χ4n) is 8.44. The van der Waals surface area contributed by atoms with E-state index in [0.29, 0.717) is 0 Å². The first-order valence-corrected chi connectivity index (χ1v) is 24.2. The van der Waals surface area contributed by atoms with Gasteiger partial charge in [-0.05, 0) is 87.0 Å². The van der Waals surface area contributed by atoms with Gasteiger partial charge >= 0.3 is 44.8 Å². The van der Waals surface area contributed by atoms with Crippen LogP contribution in [0, 0.1) is 24.7 Å². The molecule has 4 heteroatoms. The third-order valence-corrected chi connectivity index (χ3v) is 18.3. The summed E-state index contributed by atoms with van der Waals surface area (Å²) in [6.07, 6.45) is 28.4. The minimum absolute atomic E-state index is 0. The van der Waals surface area contributed by atoms with Crippen molar-refractivity contribution in [3.05, 3.63) is 265 Å². The summed E-state index contributed by atoms with van der Waals surface area (Å²) in [4.78, 5) is 0. The smallest absolute Gasteiger partial charge is 0.366 e. The maximum absolute atomic E-state index is 7.24. The van der Waals surface area contributed by atoms with Crippen LogP contribution in [0.2, 0.25) is 0 Å². The largest absolute Gasteiger partial charge is 1.00 e. The zero-order valence-corrected chi connectivity index (χ0v) is 42.7. The van der Waals surface area contributed by atoms with Crippen molar-refractivity contribution in [1.29, 1.82) is 0 Å². The number of rotatable bonds is 10. The van der Waals surface area contributed by atoms with Crippen LogP contribution in [0.25, 0.3) is 22.3 Å². The van der Waals surface area contributed by atoms with Gasteiger partial charge in [-0.3, -0.25) is 11.8 Å². The molecule has 6 aromatic carbocycles. The monoisotopic (exact) mass is 1220 g/mol. The first-order valence-electron chi connectivity index (χ1n) is 20.7. The molecule has 0 saturated heterocycles. The Kier molecular flexibility index (Phi) is 19.2. The van der Waals surface area contributed by atoms with E-state index in [1.807, 2.05) is 36.4 Å². The molecular formula is C59H54Au2P2+2. The topological polar surface area (TPSA) is 0 Å². The van der Waals surface area contributed by atoms with Gasteiger partial charge in [0.2, 0.25) is 0 Å². The van der Waals surface area contributed by atoms with Gasteiger partial charge in [-0.15, -0.1) is 35.4 Å². The molecule has 0 amide bonds. The zero-order valence-electron chi connectivity index (χ0n) is 36.4. The van der Waals surface area contributed by atoms with Gasteiger partial charge in [0.25, 0.3) is 0 Å². The maximum atomic E-state index is 7.24. The Morgan fingerprint density at radius 2 is 0.952 bits per heavy atom. The Balaban J connectivity index is 0.000000212. The van der Waals surface area contributed by atoms with Gasteiger partial charge in [-0.25, -0.2) is 0 Å². The van der Waals surface area contributed by atoms with Gasteiger partial charge in [0.15, 0.2) is 5.90 Å². The third kappa shape index (κ3) is 11.7. The second-order valence-corrected chi connectivity index (χ2v) is 21.6. The van der Waals surface area contributed by atoms with Crippen LogP contribution in [0.1, 0.15) is 61.1 Å². The van der Waals surface area contributed by atoms with E-state index in [1.54, 1.807) is 6.08 Å². The minimum atomic E-state index is -0.919. The van der Waals surface area contributed by atoms with Crippen LogP contribution in [-0.4, -0.2) is 5.90 Å². The number of allylic oxidation sites excluding steroid dienone is 8. The molecule has 320 valence electrons. The zero-order chi connectivity index (χ0) is 43.4. The van der Waals surface area contributed by atoms with Crippen molar-refractivity contribution in [2.24, 2.45) is 0 Å². The molecule has 0 nitrogen and oxygen atoms in total. The fraction of sp³-hybridized carbons (Fsp3) is 0.119. The molecule has 0 fully saturated rings. The van der Waals surface area contributed by atoms with Crippen LogP contribution in [-0.2, 0) is 55.6 Å². The number of hydrogen-bond donors (Lipinski definition) is 0. The van der Waals surface area contributed by atoms with Crippen LogP contribution in [0.15, 0.2) is 219 Å². The van der Waals surface area contributed by atoms with Gasteiger partial charge in [0.05, 0.1) is 19.1 Å². The van der Waals surface area contributed by atoms with E-state index >= 15 is 0 Å². The normalized spacial score (nSPS) is 13.7. The summed E-state index contributed by atoms with van der Waals surface area (Å²) in [5.41, 5.74) is 12.3. The average molecular weight is 1220 g/mol. The molecule has 0 spiro atoms.